The molecule has 0 aliphatic heterocycles. The van der Waals surface area contributed by atoms with Gasteiger partial charge in [0.2, 0.25) is 5.91 Å². The molecule has 1 amide bonds. The average Bonchev–Trinajstić information content (AvgIpc) is 2.85. The van der Waals surface area contributed by atoms with Crippen molar-refractivity contribution < 1.29 is 9.32 Å². The Bertz CT molecular complexity index is 770. The highest BCUT2D eigenvalue weighted by atomic mass is 16.5. The summed E-state index contributed by atoms with van der Waals surface area (Å²) in [5.74, 6) is 1.05. The molecule has 4 rings (SSSR count). The molecule has 2 aliphatic carbocycles. The van der Waals surface area contributed by atoms with Crippen LogP contribution in [-0.4, -0.2) is 23.0 Å². The maximum Gasteiger partial charge on any atom is 0.233 e. The molecular formula is C21H26N2O2. The number of aromatic nitrogens is 1. The van der Waals surface area contributed by atoms with Crippen molar-refractivity contribution in [2.75, 3.05) is 7.05 Å². The van der Waals surface area contributed by atoms with E-state index in [1.165, 1.54) is 31.2 Å². The van der Waals surface area contributed by atoms with Crippen LogP contribution in [0.3, 0.4) is 0 Å². The normalized spacial score (nSPS) is 23.8. The van der Waals surface area contributed by atoms with Crippen molar-refractivity contribution in [1.29, 1.82) is 0 Å². The van der Waals surface area contributed by atoms with Gasteiger partial charge in [0.25, 0.3) is 0 Å². The molecular weight excluding hydrogens is 312 g/mol. The first-order valence-corrected chi connectivity index (χ1v) is 9.23. The minimum Gasteiger partial charge on any atom is -0.361 e. The molecule has 1 aromatic heterocycles. The zero-order valence-electron chi connectivity index (χ0n) is 15.3. The summed E-state index contributed by atoms with van der Waals surface area (Å²) in [5, 5.41) is 4.02. The fourth-order valence-corrected chi connectivity index (χ4v) is 5.04. The minimum atomic E-state index is -0.335. The summed E-state index contributed by atoms with van der Waals surface area (Å²) in [7, 11) is 1.92. The van der Waals surface area contributed by atoms with Crippen LogP contribution in [0.5, 0.6) is 0 Å². The van der Waals surface area contributed by atoms with Crippen LogP contribution in [0.4, 0.5) is 0 Å². The molecule has 132 valence electrons. The third kappa shape index (κ3) is 2.34. The van der Waals surface area contributed by atoms with E-state index in [-0.39, 0.29) is 16.7 Å². The maximum atomic E-state index is 13.6. The summed E-state index contributed by atoms with van der Waals surface area (Å²) in [6.07, 6.45) is 5.83. The standard InChI is InChI=1S/C21H26N2O2/c1-15-18(16(2)25-22-15)13-23(3)19(24)21(17-9-5-4-6-10-17)14-20(21)11-7-8-12-20/h4-6,9-10H,7-8,11-14H2,1-3H3/t21-/m1/s1. The first-order valence-electron chi connectivity index (χ1n) is 9.23. The van der Waals surface area contributed by atoms with E-state index in [0.29, 0.717) is 6.54 Å². The number of aryl methyl sites for hydroxylation is 2. The molecule has 25 heavy (non-hydrogen) atoms. The Balaban J connectivity index is 1.66. The van der Waals surface area contributed by atoms with Crippen molar-refractivity contribution in [3.05, 3.63) is 52.9 Å². The number of amides is 1. The van der Waals surface area contributed by atoms with Crippen LogP contribution in [0.15, 0.2) is 34.9 Å². The summed E-state index contributed by atoms with van der Waals surface area (Å²) in [6, 6.07) is 10.4. The summed E-state index contributed by atoms with van der Waals surface area (Å²) >= 11 is 0. The van der Waals surface area contributed by atoms with Crippen molar-refractivity contribution in [1.82, 2.24) is 10.1 Å². The number of rotatable bonds is 4. The van der Waals surface area contributed by atoms with Crippen LogP contribution >= 0.6 is 0 Å². The Morgan fingerprint density at radius 2 is 1.88 bits per heavy atom. The number of carbonyl (C=O) groups is 1. The van der Waals surface area contributed by atoms with Gasteiger partial charge in [-0.1, -0.05) is 48.3 Å². The highest BCUT2D eigenvalue weighted by Gasteiger charge is 2.72. The number of hydrogen-bond donors (Lipinski definition) is 0. The lowest BCUT2D eigenvalue weighted by atomic mass is 9.83. The Labute approximate surface area is 149 Å². The molecule has 2 fully saturated rings. The molecule has 4 nitrogen and oxygen atoms in total. The van der Waals surface area contributed by atoms with Crippen LogP contribution in [0.1, 0.15) is 54.7 Å². The molecule has 1 aromatic carbocycles. The van der Waals surface area contributed by atoms with Crippen molar-refractivity contribution in [2.24, 2.45) is 5.41 Å². The topological polar surface area (TPSA) is 46.3 Å². The Morgan fingerprint density at radius 1 is 1.20 bits per heavy atom. The fourth-order valence-electron chi connectivity index (χ4n) is 5.04. The largest absolute Gasteiger partial charge is 0.361 e. The van der Waals surface area contributed by atoms with Crippen molar-refractivity contribution in [3.63, 3.8) is 0 Å². The van der Waals surface area contributed by atoms with Crippen LogP contribution in [0, 0.1) is 19.3 Å². The summed E-state index contributed by atoms with van der Waals surface area (Å²) < 4.78 is 5.27. The van der Waals surface area contributed by atoms with E-state index in [9.17, 15) is 4.79 Å². The quantitative estimate of drug-likeness (QED) is 0.841. The van der Waals surface area contributed by atoms with Gasteiger partial charge >= 0.3 is 0 Å². The highest BCUT2D eigenvalue weighted by Crippen LogP contribution is 2.72. The molecule has 0 saturated heterocycles. The van der Waals surface area contributed by atoms with E-state index in [0.717, 1.165) is 23.4 Å². The van der Waals surface area contributed by atoms with Gasteiger partial charge < -0.3 is 9.42 Å². The van der Waals surface area contributed by atoms with E-state index in [4.69, 9.17) is 4.52 Å². The van der Waals surface area contributed by atoms with Crippen molar-refractivity contribution in [2.45, 2.75) is 57.9 Å². The van der Waals surface area contributed by atoms with Crippen molar-refractivity contribution in [3.8, 4) is 0 Å². The van der Waals surface area contributed by atoms with Gasteiger partial charge in [-0.05, 0) is 44.1 Å². The Morgan fingerprint density at radius 3 is 2.48 bits per heavy atom. The lowest BCUT2D eigenvalue weighted by Gasteiger charge is -2.28. The molecule has 0 N–H and O–H groups in total. The van der Waals surface area contributed by atoms with Gasteiger partial charge in [-0.25, -0.2) is 0 Å². The lowest BCUT2D eigenvalue weighted by Crippen LogP contribution is -2.39. The molecule has 2 aliphatic rings. The van der Waals surface area contributed by atoms with Crippen LogP contribution in [-0.2, 0) is 16.8 Å². The molecule has 1 spiro atoms. The van der Waals surface area contributed by atoms with Gasteiger partial charge in [0.05, 0.1) is 17.7 Å². The van der Waals surface area contributed by atoms with Crippen LogP contribution in [0.2, 0.25) is 0 Å². The van der Waals surface area contributed by atoms with E-state index in [1.54, 1.807) is 0 Å². The lowest BCUT2D eigenvalue weighted by molar-refractivity contribution is -0.134. The second-order valence-corrected chi connectivity index (χ2v) is 7.90. The average molecular weight is 338 g/mol. The van der Waals surface area contributed by atoms with Gasteiger partial charge in [-0.15, -0.1) is 0 Å². The second-order valence-electron chi connectivity index (χ2n) is 7.90. The van der Waals surface area contributed by atoms with Gasteiger partial charge in [0.1, 0.15) is 5.76 Å². The van der Waals surface area contributed by atoms with Gasteiger partial charge in [0.15, 0.2) is 0 Å². The van der Waals surface area contributed by atoms with E-state index in [2.05, 4.69) is 29.4 Å². The predicted octanol–water partition coefficient (Wildman–Crippen LogP) is 4.15. The molecule has 0 radical (unpaired) electrons. The van der Waals surface area contributed by atoms with E-state index >= 15 is 0 Å². The summed E-state index contributed by atoms with van der Waals surface area (Å²) in [6.45, 7) is 4.41. The number of nitrogens with zero attached hydrogens (tertiary/aromatic N) is 2. The van der Waals surface area contributed by atoms with Crippen LogP contribution in [0.25, 0.3) is 0 Å². The molecule has 1 atom stereocenters. The smallest absolute Gasteiger partial charge is 0.233 e. The predicted molar refractivity (Wildman–Crippen MR) is 96.1 cm³/mol. The minimum absolute atomic E-state index is 0.179. The van der Waals surface area contributed by atoms with Crippen molar-refractivity contribution >= 4 is 5.91 Å². The monoisotopic (exact) mass is 338 g/mol. The first-order chi connectivity index (χ1) is 12.0. The zero-order chi connectivity index (χ0) is 17.7. The number of carbonyl (C=O) groups excluding carboxylic acids is 1. The first kappa shape index (κ1) is 16.4. The number of hydrogen-bond acceptors (Lipinski definition) is 3. The third-order valence-corrected chi connectivity index (χ3v) is 6.50. The molecule has 1 heterocycles. The van der Waals surface area contributed by atoms with Gasteiger partial charge in [-0.3, -0.25) is 4.79 Å². The third-order valence-electron chi connectivity index (χ3n) is 6.50. The molecule has 0 unspecified atom stereocenters. The number of likely N-dealkylation sites (N-methyl/N-ethyl adjacent to an activating group) is 1. The molecule has 2 saturated carbocycles. The Hall–Kier alpha value is -2.10. The maximum absolute atomic E-state index is 13.6. The van der Waals surface area contributed by atoms with E-state index < -0.39 is 0 Å². The molecule has 2 aromatic rings. The SMILES string of the molecule is Cc1noc(C)c1CN(C)C(=O)[C@]1(c2ccccc2)CC12CCCC2. The van der Waals surface area contributed by atoms with Gasteiger partial charge in [0, 0.05) is 12.6 Å². The summed E-state index contributed by atoms with van der Waals surface area (Å²) in [4.78, 5) is 15.5. The van der Waals surface area contributed by atoms with E-state index in [1.807, 2.05) is 31.9 Å². The second kappa shape index (κ2) is 5.72. The molecule has 0 bridgehead atoms. The highest BCUT2D eigenvalue weighted by molar-refractivity contribution is 5.93. The summed E-state index contributed by atoms with van der Waals surface area (Å²) in [5.41, 5.74) is 2.93. The number of benzene rings is 1. The Kier molecular flexibility index (Phi) is 3.75. The fraction of sp³-hybridized carbons (Fsp3) is 0.524. The zero-order valence-corrected chi connectivity index (χ0v) is 15.3. The van der Waals surface area contributed by atoms with Gasteiger partial charge in [-0.2, -0.15) is 0 Å². The van der Waals surface area contributed by atoms with Crippen LogP contribution < -0.4 is 0 Å². The molecule has 4 heteroatoms.